The van der Waals surface area contributed by atoms with E-state index in [9.17, 15) is 9.90 Å². The first-order chi connectivity index (χ1) is 14.2. The Labute approximate surface area is 171 Å². The number of alkyl carbamates (subject to hydrolysis) is 1. The Hall–Kier alpha value is -3.11. The lowest BCUT2D eigenvalue weighted by molar-refractivity contribution is 0.0669. The molecule has 148 valence electrons. The van der Waals surface area contributed by atoms with E-state index >= 15 is 0 Å². The normalized spacial score (nSPS) is 20.5. The standard InChI is InChI=1S/C25H25NO3/c27-24-21-14-8-7-13-20(21)16-23(22(24)15-18-9-3-1-4-10-18)26-25(28)29-17-19-11-5-2-6-12-19/h1-14,22-24,27H,15-17H2,(H,26,28)/t22?,23-,24+/m1/s1. The minimum Gasteiger partial charge on any atom is -0.445 e. The SMILES string of the molecule is O=C(N[C@@H]1Cc2ccccc2[C@H](O)C1Cc1ccccc1)OCc1ccccc1. The molecule has 0 aliphatic heterocycles. The van der Waals surface area contributed by atoms with Gasteiger partial charge in [0.2, 0.25) is 0 Å². The van der Waals surface area contributed by atoms with Crippen molar-refractivity contribution in [1.29, 1.82) is 0 Å². The Morgan fingerprint density at radius 2 is 1.52 bits per heavy atom. The largest absolute Gasteiger partial charge is 0.445 e. The van der Waals surface area contributed by atoms with Gasteiger partial charge < -0.3 is 15.2 Å². The molecule has 0 bridgehead atoms. The van der Waals surface area contributed by atoms with E-state index in [2.05, 4.69) is 17.4 Å². The van der Waals surface area contributed by atoms with E-state index in [1.807, 2.05) is 72.8 Å². The molecule has 0 aromatic heterocycles. The molecule has 29 heavy (non-hydrogen) atoms. The van der Waals surface area contributed by atoms with Gasteiger partial charge in [0.1, 0.15) is 6.61 Å². The maximum Gasteiger partial charge on any atom is 0.407 e. The fourth-order valence-corrected chi connectivity index (χ4v) is 4.06. The summed E-state index contributed by atoms with van der Waals surface area (Å²) < 4.78 is 5.42. The number of aliphatic hydroxyl groups excluding tert-OH is 1. The molecule has 4 heteroatoms. The zero-order valence-electron chi connectivity index (χ0n) is 16.2. The molecule has 0 heterocycles. The molecule has 3 aromatic carbocycles. The van der Waals surface area contributed by atoms with Crippen LogP contribution < -0.4 is 5.32 Å². The van der Waals surface area contributed by atoms with Crippen molar-refractivity contribution >= 4 is 6.09 Å². The highest BCUT2D eigenvalue weighted by molar-refractivity contribution is 5.68. The number of nitrogens with one attached hydrogen (secondary N) is 1. The van der Waals surface area contributed by atoms with E-state index in [4.69, 9.17) is 4.74 Å². The smallest absolute Gasteiger partial charge is 0.407 e. The average Bonchev–Trinajstić information content (AvgIpc) is 2.76. The van der Waals surface area contributed by atoms with Crippen LogP contribution in [0, 0.1) is 5.92 Å². The van der Waals surface area contributed by atoms with Crippen LogP contribution in [-0.2, 0) is 24.2 Å². The summed E-state index contributed by atoms with van der Waals surface area (Å²) in [6.07, 6.45) is 0.258. The monoisotopic (exact) mass is 387 g/mol. The molecule has 4 rings (SSSR count). The molecule has 1 unspecified atom stereocenters. The highest BCUT2D eigenvalue weighted by Crippen LogP contribution is 2.36. The van der Waals surface area contributed by atoms with Crippen molar-refractivity contribution in [2.24, 2.45) is 5.92 Å². The molecular weight excluding hydrogens is 362 g/mol. The Morgan fingerprint density at radius 3 is 2.24 bits per heavy atom. The summed E-state index contributed by atoms with van der Waals surface area (Å²) in [5, 5.41) is 14.1. The summed E-state index contributed by atoms with van der Waals surface area (Å²) in [5.41, 5.74) is 4.10. The van der Waals surface area contributed by atoms with Gasteiger partial charge in [0.15, 0.2) is 0 Å². The van der Waals surface area contributed by atoms with Crippen molar-refractivity contribution < 1.29 is 14.6 Å². The van der Waals surface area contributed by atoms with Gasteiger partial charge in [0.25, 0.3) is 0 Å². The molecule has 3 atom stereocenters. The summed E-state index contributed by atoms with van der Waals surface area (Å²) in [6.45, 7) is 0.224. The lowest BCUT2D eigenvalue weighted by atomic mass is 9.75. The number of hydrogen-bond donors (Lipinski definition) is 2. The molecule has 0 radical (unpaired) electrons. The van der Waals surface area contributed by atoms with Gasteiger partial charge in [-0.25, -0.2) is 4.79 Å². The number of ether oxygens (including phenoxy) is 1. The van der Waals surface area contributed by atoms with Gasteiger partial charge in [-0.2, -0.15) is 0 Å². The quantitative estimate of drug-likeness (QED) is 0.681. The van der Waals surface area contributed by atoms with Gasteiger partial charge in [0, 0.05) is 12.0 Å². The molecule has 3 aromatic rings. The predicted octanol–water partition coefficient (Wildman–Crippen LogP) is 4.43. The first kappa shape index (κ1) is 19.2. The third kappa shape index (κ3) is 4.66. The van der Waals surface area contributed by atoms with Crippen molar-refractivity contribution in [3.05, 3.63) is 107 Å². The maximum absolute atomic E-state index is 12.5. The van der Waals surface area contributed by atoms with Crippen LogP contribution >= 0.6 is 0 Å². The van der Waals surface area contributed by atoms with Crippen molar-refractivity contribution in [3.8, 4) is 0 Å². The van der Waals surface area contributed by atoms with Crippen LogP contribution in [0.1, 0.15) is 28.4 Å². The minimum absolute atomic E-state index is 0.128. The summed E-state index contributed by atoms with van der Waals surface area (Å²) in [6, 6.07) is 27.4. The Morgan fingerprint density at radius 1 is 0.897 bits per heavy atom. The second-order valence-corrected chi connectivity index (χ2v) is 7.51. The van der Waals surface area contributed by atoms with Crippen LogP contribution in [0.5, 0.6) is 0 Å². The summed E-state index contributed by atoms with van der Waals surface area (Å²) in [5.74, 6) is -0.128. The molecule has 2 N–H and O–H groups in total. The van der Waals surface area contributed by atoms with Crippen LogP contribution in [0.3, 0.4) is 0 Å². The first-order valence-corrected chi connectivity index (χ1v) is 9.98. The number of benzene rings is 3. The lowest BCUT2D eigenvalue weighted by Crippen LogP contribution is -2.47. The van der Waals surface area contributed by atoms with Gasteiger partial charge in [-0.1, -0.05) is 84.9 Å². The zero-order chi connectivity index (χ0) is 20.1. The first-order valence-electron chi connectivity index (χ1n) is 9.98. The lowest BCUT2D eigenvalue weighted by Gasteiger charge is -2.37. The molecule has 1 aliphatic rings. The predicted molar refractivity (Wildman–Crippen MR) is 112 cm³/mol. The molecular formula is C25H25NO3. The highest BCUT2D eigenvalue weighted by atomic mass is 16.5. The van der Waals surface area contributed by atoms with Crippen LogP contribution in [0.4, 0.5) is 4.79 Å². The second kappa shape index (κ2) is 8.93. The molecule has 0 fully saturated rings. The Bertz CT molecular complexity index is 943. The van der Waals surface area contributed by atoms with Crippen molar-refractivity contribution in [1.82, 2.24) is 5.32 Å². The summed E-state index contributed by atoms with van der Waals surface area (Å²) in [4.78, 5) is 12.5. The number of aliphatic hydroxyl groups is 1. The Balaban J connectivity index is 1.49. The van der Waals surface area contributed by atoms with Gasteiger partial charge in [-0.15, -0.1) is 0 Å². The second-order valence-electron chi connectivity index (χ2n) is 7.51. The number of amides is 1. The molecule has 0 saturated carbocycles. The van der Waals surface area contributed by atoms with Crippen molar-refractivity contribution in [2.45, 2.75) is 31.6 Å². The molecule has 4 nitrogen and oxygen atoms in total. The molecule has 0 spiro atoms. The number of hydrogen-bond acceptors (Lipinski definition) is 3. The van der Waals surface area contributed by atoms with Crippen LogP contribution in [0.25, 0.3) is 0 Å². The molecule has 1 amide bonds. The number of rotatable bonds is 5. The number of fused-ring (bicyclic) bond motifs is 1. The van der Waals surface area contributed by atoms with Crippen LogP contribution in [0.15, 0.2) is 84.9 Å². The van der Waals surface area contributed by atoms with Crippen LogP contribution in [-0.4, -0.2) is 17.2 Å². The summed E-state index contributed by atoms with van der Waals surface area (Å²) >= 11 is 0. The third-order valence-electron chi connectivity index (χ3n) is 5.57. The average molecular weight is 387 g/mol. The number of carbonyl (C=O) groups is 1. The van der Waals surface area contributed by atoms with Gasteiger partial charge >= 0.3 is 6.09 Å². The van der Waals surface area contributed by atoms with E-state index in [0.717, 1.165) is 22.3 Å². The van der Waals surface area contributed by atoms with Crippen LogP contribution in [0.2, 0.25) is 0 Å². The highest BCUT2D eigenvalue weighted by Gasteiger charge is 2.36. The van der Waals surface area contributed by atoms with Gasteiger partial charge in [-0.3, -0.25) is 0 Å². The fraction of sp³-hybridized carbons (Fsp3) is 0.240. The van der Waals surface area contributed by atoms with E-state index in [1.165, 1.54) is 0 Å². The van der Waals surface area contributed by atoms with E-state index in [-0.39, 0.29) is 18.6 Å². The topological polar surface area (TPSA) is 58.6 Å². The fourth-order valence-electron chi connectivity index (χ4n) is 4.06. The van der Waals surface area contributed by atoms with E-state index < -0.39 is 12.2 Å². The van der Waals surface area contributed by atoms with E-state index in [1.54, 1.807) is 0 Å². The Kier molecular flexibility index (Phi) is 5.92. The number of carbonyl (C=O) groups excluding carboxylic acids is 1. The molecule has 1 aliphatic carbocycles. The van der Waals surface area contributed by atoms with E-state index in [0.29, 0.717) is 12.8 Å². The van der Waals surface area contributed by atoms with Gasteiger partial charge in [0.05, 0.1) is 6.10 Å². The maximum atomic E-state index is 12.5. The molecule has 0 saturated heterocycles. The minimum atomic E-state index is -0.639. The van der Waals surface area contributed by atoms with Crippen molar-refractivity contribution in [2.75, 3.05) is 0 Å². The third-order valence-corrected chi connectivity index (χ3v) is 5.57. The zero-order valence-corrected chi connectivity index (χ0v) is 16.2. The van der Waals surface area contributed by atoms with Crippen molar-refractivity contribution in [3.63, 3.8) is 0 Å². The summed E-state index contributed by atoms with van der Waals surface area (Å²) in [7, 11) is 0. The van der Waals surface area contributed by atoms with Gasteiger partial charge in [-0.05, 0) is 35.1 Å².